The summed E-state index contributed by atoms with van der Waals surface area (Å²) in [7, 11) is 0. The third-order valence-electron chi connectivity index (χ3n) is 4.05. The van der Waals surface area contributed by atoms with Crippen LogP contribution in [0.3, 0.4) is 0 Å². The van der Waals surface area contributed by atoms with E-state index in [1.807, 2.05) is 0 Å². The van der Waals surface area contributed by atoms with Gasteiger partial charge in [0.2, 0.25) is 0 Å². The first-order valence-electron chi connectivity index (χ1n) is 8.28. The van der Waals surface area contributed by atoms with Crippen molar-refractivity contribution in [2.24, 2.45) is 0 Å². The number of likely N-dealkylation sites (tertiary alicyclic amines) is 1. The molecule has 0 aromatic rings. The lowest BCUT2D eigenvalue weighted by atomic mass is 10.1. The molecule has 0 aromatic heterocycles. The molecule has 0 amide bonds. The molecule has 2 nitrogen and oxygen atoms in total. The van der Waals surface area contributed by atoms with E-state index in [9.17, 15) is 0 Å². The zero-order valence-corrected chi connectivity index (χ0v) is 12.7. The molecule has 1 N–H and O–H groups in total. The average Bonchev–Trinajstić information content (AvgIpc) is 2.34. The molecule has 0 aromatic carbocycles. The maximum Gasteiger partial charge on any atom is 0.00387 e. The van der Waals surface area contributed by atoms with Gasteiger partial charge in [0, 0.05) is 6.04 Å². The first kappa shape index (κ1) is 16.0. The highest BCUT2D eigenvalue weighted by Gasteiger charge is 2.07. The zero-order chi connectivity index (χ0) is 13.1. The predicted molar refractivity (Wildman–Crippen MR) is 81.1 cm³/mol. The minimum absolute atomic E-state index is 0.706. The van der Waals surface area contributed by atoms with Gasteiger partial charge in [0.25, 0.3) is 0 Å². The van der Waals surface area contributed by atoms with Crippen LogP contribution in [0.15, 0.2) is 0 Å². The lowest BCUT2D eigenvalue weighted by Gasteiger charge is -2.24. The summed E-state index contributed by atoms with van der Waals surface area (Å²) in [6.45, 7) is 9.77. The van der Waals surface area contributed by atoms with E-state index >= 15 is 0 Å². The fraction of sp³-hybridized carbons (Fsp3) is 1.00. The Kier molecular flexibility index (Phi) is 9.59. The van der Waals surface area contributed by atoms with Crippen LogP contribution in [0.5, 0.6) is 0 Å². The van der Waals surface area contributed by atoms with Crippen molar-refractivity contribution in [1.82, 2.24) is 10.2 Å². The molecule has 0 radical (unpaired) electrons. The second-order valence-corrected chi connectivity index (χ2v) is 5.96. The van der Waals surface area contributed by atoms with Gasteiger partial charge in [0.05, 0.1) is 0 Å². The number of nitrogens with zero attached hydrogens (tertiary/aromatic N) is 1. The van der Waals surface area contributed by atoms with E-state index in [4.69, 9.17) is 0 Å². The van der Waals surface area contributed by atoms with Crippen molar-refractivity contribution in [3.63, 3.8) is 0 Å². The molecule has 1 atom stereocenters. The summed E-state index contributed by atoms with van der Waals surface area (Å²) in [5.41, 5.74) is 0. The SMILES string of the molecule is CCCNC(C)CCCCN1CCCCCCC1. The van der Waals surface area contributed by atoms with Crippen LogP contribution in [0.25, 0.3) is 0 Å². The Labute approximate surface area is 115 Å². The van der Waals surface area contributed by atoms with Crippen LogP contribution in [0.1, 0.15) is 71.6 Å². The number of hydrogen-bond acceptors (Lipinski definition) is 2. The number of nitrogens with one attached hydrogen (secondary N) is 1. The highest BCUT2D eigenvalue weighted by atomic mass is 15.1. The second-order valence-electron chi connectivity index (χ2n) is 5.96. The summed E-state index contributed by atoms with van der Waals surface area (Å²) in [4.78, 5) is 2.70. The lowest BCUT2D eigenvalue weighted by Crippen LogP contribution is -2.29. The van der Waals surface area contributed by atoms with Crippen molar-refractivity contribution in [2.45, 2.75) is 77.7 Å². The first-order valence-corrected chi connectivity index (χ1v) is 8.28. The molecule has 1 fully saturated rings. The molecule has 2 heteroatoms. The summed E-state index contributed by atoms with van der Waals surface area (Å²) in [6.07, 6.45) is 12.6. The molecular weight excluding hydrogens is 220 g/mol. The molecule has 1 aliphatic heterocycles. The van der Waals surface area contributed by atoms with Crippen molar-refractivity contribution in [3.05, 3.63) is 0 Å². The topological polar surface area (TPSA) is 15.3 Å². The van der Waals surface area contributed by atoms with E-state index in [-0.39, 0.29) is 0 Å². The van der Waals surface area contributed by atoms with Crippen LogP contribution in [-0.4, -0.2) is 37.1 Å². The van der Waals surface area contributed by atoms with Gasteiger partial charge >= 0.3 is 0 Å². The lowest BCUT2D eigenvalue weighted by molar-refractivity contribution is 0.241. The van der Waals surface area contributed by atoms with E-state index in [0.717, 1.165) is 0 Å². The Morgan fingerprint density at radius 3 is 2.33 bits per heavy atom. The standard InChI is InChI=1S/C16H34N2/c1-3-12-17-16(2)11-7-10-15-18-13-8-5-4-6-9-14-18/h16-17H,3-15H2,1-2H3. The predicted octanol–water partition coefficient (Wildman–Crippen LogP) is 3.81. The molecule has 18 heavy (non-hydrogen) atoms. The second kappa shape index (κ2) is 10.8. The van der Waals surface area contributed by atoms with Crippen molar-refractivity contribution in [1.29, 1.82) is 0 Å². The van der Waals surface area contributed by atoms with Gasteiger partial charge in [-0.3, -0.25) is 0 Å². The van der Waals surface area contributed by atoms with Gasteiger partial charge in [-0.2, -0.15) is 0 Å². The third-order valence-corrected chi connectivity index (χ3v) is 4.05. The molecule has 1 heterocycles. The molecule has 0 bridgehead atoms. The summed E-state index contributed by atoms with van der Waals surface area (Å²) >= 11 is 0. The van der Waals surface area contributed by atoms with E-state index in [2.05, 4.69) is 24.1 Å². The molecule has 1 saturated heterocycles. The maximum absolute atomic E-state index is 3.58. The minimum atomic E-state index is 0.706. The van der Waals surface area contributed by atoms with Gasteiger partial charge < -0.3 is 10.2 Å². The third kappa shape index (κ3) is 8.10. The highest BCUT2D eigenvalue weighted by Crippen LogP contribution is 2.11. The number of hydrogen-bond donors (Lipinski definition) is 1. The summed E-state index contributed by atoms with van der Waals surface area (Å²) in [5.74, 6) is 0. The number of unbranched alkanes of at least 4 members (excludes halogenated alkanes) is 1. The van der Waals surface area contributed by atoms with Crippen molar-refractivity contribution < 1.29 is 0 Å². The molecule has 0 spiro atoms. The van der Waals surface area contributed by atoms with Gasteiger partial charge in [0.1, 0.15) is 0 Å². The molecule has 0 aliphatic carbocycles. The first-order chi connectivity index (χ1) is 8.83. The Morgan fingerprint density at radius 1 is 1.00 bits per heavy atom. The summed E-state index contributed by atoms with van der Waals surface area (Å²) in [5, 5.41) is 3.58. The van der Waals surface area contributed by atoms with Crippen LogP contribution in [0, 0.1) is 0 Å². The van der Waals surface area contributed by atoms with E-state index < -0.39 is 0 Å². The van der Waals surface area contributed by atoms with Crippen LogP contribution >= 0.6 is 0 Å². The monoisotopic (exact) mass is 254 g/mol. The van der Waals surface area contributed by atoms with Crippen molar-refractivity contribution in [3.8, 4) is 0 Å². The van der Waals surface area contributed by atoms with Gasteiger partial charge in [-0.1, -0.05) is 32.6 Å². The fourth-order valence-electron chi connectivity index (χ4n) is 2.82. The smallest absolute Gasteiger partial charge is 0.00387 e. The van der Waals surface area contributed by atoms with Crippen LogP contribution in [0.4, 0.5) is 0 Å². The van der Waals surface area contributed by atoms with Crippen LogP contribution < -0.4 is 5.32 Å². The fourth-order valence-corrected chi connectivity index (χ4v) is 2.82. The number of rotatable bonds is 8. The van der Waals surface area contributed by atoms with Crippen LogP contribution in [0.2, 0.25) is 0 Å². The summed E-state index contributed by atoms with van der Waals surface area (Å²) in [6, 6.07) is 0.706. The zero-order valence-electron chi connectivity index (χ0n) is 12.7. The molecular formula is C16H34N2. The Balaban J connectivity index is 1.98. The van der Waals surface area contributed by atoms with Gasteiger partial charge in [-0.15, -0.1) is 0 Å². The van der Waals surface area contributed by atoms with Gasteiger partial charge in [-0.05, 0) is 65.2 Å². The van der Waals surface area contributed by atoms with E-state index in [1.54, 1.807) is 0 Å². The van der Waals surface area contributed by atoms with Crippen molar-refractivity contribution >= 4 is 0 Å². The van der Waals surface area contributed by atoms with Gasteiger partial charge in [-0.25, -0.2) is 0 Å². The molecule has 1 aliphatic rings. The maximum atomic E-state index is 3.58. The highest BCUT2D eigenvalue weighted by molar-refractivity contribution is 4.64. The van der Waals surface area contributed by atoms with Crippen molar-refractivity contribution in [2.75, 3.05) is 26.2 Å². The van der Waals surface area contributed by atoms with Gasteiger partial charge in [0.15, 0.2) is 0 Å². The molecule has 0 saturated carbocycles. The van der Waals surface area contributed by atoms with E-state index in [0.29, 0.717) is 6.04 Å². The Hall–Kier alpha value is -0.0800. The van der Waals surface area contributed by atoms with Crippen LogP contribution in [-0.2, 0) is 0 Å². The normalized spacial score (nSPS) is 20.3. The largest absolute Gasteiger partial charge is 0.314 e. The minimum Gasteiger partial charge on any atom is -0.314 e. The molecule has 108 valence electrons. The summed E-state index contributed by atoms with van der Waals surface area (Å²) < 4.78 is 0. The quantitative estimate of drug-likeness (QED) is 0.663. The molecule has 1 unspecified atom stereocenters. The van der Waals surface area contributed by atoms with E-state index in [1.165, 1.54) is 84.0 Å². The Bertz CT molecular complexity index is 174. The molecule has 1 rings (SSSR count). The average molecular weight is 254 g/mol. The Morgan fingerprint density at radius 2 is 1.67 bits per heavy atom.